The molecule has 1 atom stereocenters. The van der Waals surface area contributed by atoms with E-state index in [1.807, 2.05) is 24.3 Å². The van der Waals surface area contributed by atoms with Gasteiger partial charge in [-0.05, 0) is 48.7 Å². The van der Waals surface area contributed by atoms with Gasteiger partial charge in [0.1, 0.15) is 0 Å². The SMILES string of the molecule is O=C(NCC1(c2ccc3c(c2)OCO3)CCOCC1)C1CC(=O)N(c2cccc(Cl)c2)C1. The summed E-state index contributed by atoms with van der Waals surface area (Å²) in [6, 6.07) is 13.1. The first-order valence-electron chi connectivity index (χ1n) is 10.9. The zero-order valence-corrected chi connectivity index (χ0v) is 18.4. The number of halogens is 1. The number of hydrogen-bond donors (Lipinski definition) is 1. The molecule has 0 bridgehead atoms. The van der Waals surface area contributed by atoms with Crippen LogP contribution in [0.1, 0.15) is 24.8 Å². The lowest BCUT2D eigenvalue weighted by atomic mass is 9.74. The van der Waals surface area contributed by atoms with Crippen LogP contribution >= 0.6 is 11.6 Å². The van der Waals surface area contributed by atoms with Crippen molar-refractivity contribution in [3.8, 4) is 11.5 Å². The predicted octanol–water partition coefficient (Wildman–Crippen LogP) is 3.29. The average molecular weight is 457 g/mol. The first-order valence-corrected chi connectivity index (χ1v) is 11.2. The van der Waals surface area contributed by atoms with E-state index in [0.29, 0.717) is 31.3 Å². The van der Waals surface area contributed by atoms with Crippen LogP contribution in [0.25, 0.3) is 0 Å². The van der Waals surface area contributed by atoms with Crippen molar-refractivity contribution in [2.45, 2.75) is 24.7 Å². The van der Waals surface area contributed by atoms with Crippen molar-refractivity contribution in [2.24, 2.45) is 5.92 Å². The highest BCUT2D eigenvalue weighted by molar-refractivity contribution is 6.31. The van der Waals surface area contributed by atoms with E-state index in [-0.39, 0.29) is 30.4 Å². The third-order valence-electron chi connectivity index (χ3n) is 6.65. The largest absolute Gasteiger partial charge is 0.454 e. The van der Waals surface area contributed by atoms with E-state index in [4.69, 9.17) is 25.8 Å². The van der Waals surface area contributed by atoms with Crippen molar-refractivity contribution >= 4 is 29.1 Å². The maximum atomic E-state index is 13.0. The molecule has 2 saturated heterocycles. The molecular formula is C24H25ClN2O5. The van der Waals surface area contributed by atoms with Crippen LogP contribution in [0.5, 0.6) is 11.5 Å². The standard InChI is InChI=1S/C24H25ClN2O5/c25-18-2-1-3-19(12-18)27-13-16(10-22(27)28)23(29)26-14-24(6-8-30-9-7-24)17-4-5-20-21(11-17)32-15-31-20/h1-5,11-12,16H,6-10,13-15H2,(H,26,29). The molecule has 2 amide bonds. The van der Waals surface area contributed by atoms with Crippen LogP contribution in [0.2, 0.25) is 5.02 Å². The van der Waals surface area contributed by atoms with Crippen molar-refractivity contribution in [3.05, 3.63) is 53.1 Å². The van der Waals surface area contributed by atoms with Crippen molar-refractivity contribution in [1.29, 1.82) is 0 Å². The van der Waals surface area contributed by atoms with Crippen molar-refractivity contribution in [1.82, 2.24) is 5.32 Å². The monoisotopic (exact) mass is 456 g/mol. The molecule has 5 rings (SSSR count). The quantitative estimate of drug-likeness (QED) is 0.747. The topological polar surface area (TPSA) is 77.1 Å². The fourth-order valence-corrected chi connectivity index (χ4v) is 4.92. The Morgan fingerprint density at radius 2 is 1.94 bits per heavy atom. The number of benzene rings is 2. The molecule has 2 fully saturated rings. The molecule has 0 aliphatic carbocycles. The predicted molar refractivity (Wildman–Crippen MR) is 119 cm³/mol. The second-order valence-corrected chi connectivity index (χ2v) is 9.00. The van der Waals surface area contributed by atoms with Crippen LogP contribution in [0.3, 0.4) is 0 Å². The summed E-state index contributed by atoms with van der Waals surface area (Å²) in [4.78, 5) is 27.2. The summed E-state index contributed by atoms with van der Waals surface area (Å²) < 4.78 is 16.6. The van der Waals surface area contributed by atoms with Crippen LogP contribution in [-0.2, 0) is 19.7 Å². The summed E-state index contributed by atoms with van der Waals surface area (Å²) in [5.41, 5.74) is 1.58. The zero-order valence-electron chi connectivity index (χ0n) is 17.6. The Morgan fingerprint density at radius 3 is 2.75 bits per heavy atom. The number of carbonyl (C=O) groups is 2. The fourth-order valence-electron chi connectivity index (χ4n) is 4.73. The van der Waals surface area contributed by atoms with E-state index in [2.05, 4.69) is 5.32 Å². The summed E-state index contributed by atoms with van der Waals surface area (Å²) in [6.07, 6.45) is 1.79. The van der Waals surface area contributed by atoms with Crippen molar-refractivity contribution in [3.63, 3.8) is 0 Å². The number of ether oxygens (including phenoxy) is 3. The van der Waals surface area contributed by atoms with Gasteiger partial charge in [0.05, 0.1) is 5.92 Å². The highest BCUT2D eigenvalue weighted by Crippen LogP contribution is 2.40. The fraction of sp³-hybridized carbons (Fsp3) is 0.417. The van der Waals surface area contributed by atoms with Gasteiger partial charge in [0.15, 0.2) is 11.5 Å². The van der Waals surface area contributed by atoms with Crippen LogP contribution in [0.4, 0.5) is 5.69 Å². The summed E-state index contributed by atoms with van der Waals surface area (Å²) in [6.45, 7) is 2.33. The number of hydrogen-bond acceptors (Lipinski definition) is 5. The summed E-state index contributed by atoms with van der Waals surface area (Å²) in [7, 11) is 0. The molecule has 3 aliphatic rings. The molecule has 32 heavy (non-hydrogen) atoms. The smallest absolute Gasteiger partial charge is 0.231 e. The Kier molecular flexibility index (Phi) is 5.69. The lowest BCUT2D eigenvalue weighted by Crippen LogP contribution is -2.46. The third-order valence-corrected chi connectivity index (χ3v) is 6.89. The van der Waals surface area contributed by atoms with Gasteiger partial charge in [0.25, 0.3) is 0 Å². The minimum absolute atomic E-state index is 0.0658. The molecule has 2 aromatic carbocycles. The van der Waals surface area contributed by atoms with Gasteiger partial charge in [0.2, 0.25) is 18.6 Å². The van der Waals surface area contributed by atoms with E-state index in [0.717, 1.165) is 35.6 Å². The molecular weight excluding hydrogens is 432 g/mol. The van der Waals surface area contributed by atoms with Gasteiger partial charge >= 0.3 is 0 Å². The van der Waals surface area contributed by atoms with Gasteiger partial charge in [-0.2, -0.15) is 0 Å². The molecule has 2 aromatic rings. The number of carbonyl (C=O) groups excluding carboxylic acids is 2. The molecule has 1 N–H and O–H groups in total. The number of nitrogens with zero attached hydrogens (tertiary/aromatic N) is 1. The van der Waals surface area contributed by atoms with E-state index < -0.39 is 5.92 Å². The Labute approximate surface area is 191 Å². The highest BCUT2D eigenvalue weighted by atomic mass is 35.5. The van der Waals surface area contributed by atoms with Crippen LogP contribution in [-0.4, -0.2) is 44.9 Å². The Bertz CT molecular complexity index is 1040. The summed E-state index contributed by atoms with van der Waals surface area (Å²) in [5, 5.41) is 3.70. The third kappa shape index (κ3) is 4.02. The van der Waals surface area contributed by atoms with Crippen LogP contribution in [0.15, 0.2) is 42.5 Å². The number of fused-ring (bicyclic) bond motifs is 1. The number of amides is 2. The van der Waals surface area contributed by atoms with E-state index >= 15 is 0 Å². The molecule has 0 radical (unpaired) electrons. The summed E-state index contributed by atoms with van der Waals surface area (Å²) >= 11 is 6.07. The lowest BCUT2D eigenvalue weighted by Gasteiger charge is -2.38. The maximum Gasteiger partial charge on any atom is 0.231 e. The lowest BCUT2D eigenvalue weighted by molar-refractivity contribution is -0.126. The first kappa shape index (κ1) is 21.1. The van der Waals surface area contributed by atoms with Crippen molar-refractivity contribution < 1.29 is 23.8 Å². The van der Waals surface area contributed by atoms with Gasteiger partial charge in [-0.1, -0.05) is 23.7 Å². The maximum absolute atomic E-state index is 13.0. The zero-order chi connectivity index (χ0) is 22.1. The minimum atomic E-state index is -0.393. The number of anilines is 1. The number of rotatable bonds is 5. The Hall–Kier alpha value is -2.77. The van der Waals surface area contributed by atoms with Crippen LogP contribution in [0, 0.1) is 5.92 Å². The second-order valence-electron chi connectivity index (χ2n) is 8.56. The van der Waals surface area contributed by atoms with Gasteiger partial charge in [0, 0.05) is 48.8 Å². The molecule has 0 aromatic heterocycles. The van der Waals surface area contributed by atoms with Gasteiger partial charge < -0.3 is 24.4 Å². The normalized spacial score (nSPS) is 21.6. The molecule has 7 nitrogen and oxygen atoms in total. The Balaban J connectivity index is 1.29. The molecule has 168 valence electrons. The highest BCUT2D eigenvalue weighted by Gasteiger charge is 2.39. The molecule has 3 aliphatic heterocycles. The van der Waals surface area contributed by atoms with E-state index in [1.54, 1.807) is 23.1 Å². The Morgan fingerprint density at radius 1 is 1.12 bits per heavy atom. The molecule has 0 spiro atoms. The van der Waals surface area contributed by atoms with Gasteiger partial charge in [-0.3, -0.25) is 9.59 Å². The van der Waals surface area contributed by atoms with Gasteiger partial charge in [-0.25, -0.2) is 0 Å². The van der Waals surface area contributed by atoms with Crippen molar-refractivity contribution in [2.75, 3.05) is 38.0 Å². The average Bonchev–Trinajstić information content (AvgIpc) is 3.44. The molecule has 3 heterocycles. The molecule has 1 unspecified atom stereocenters. The van der Waals surface area contributed by atoms with Crippen LogP contribution < -0.4 is 19.7 Å². The van der Waals surface area contributed by atoms with Gasteiger partial charge in [-0.15, -0.1) is 0 Å². The second kappa shape index (κ2) is 8.64. The number of nitrogens with one attached hydrogen (secondary N) is 1. The van der Waals surface area contributed by atoms with E-state index in [1.165, 1.54) is 0 Å². The molecule has 0 saturated carbocycles. The molecule has 8 heteroatoms. The minimum Gasteiger partial charge on any atom is -0.454 e. The van der Waals surface area contributed by atoms with E-state index in [9.17, 15) is 9.59 Å². The first-order chi connectivity index (χ1) is 15.5. The summed E-state index contributed by atoms with van der Waals surface area (Å²) in [5.74, 6) is 0.914.